The van der Waals surface area contributed by atoms with E-state index in [1.807, 2.05) is 0 Å². The fraction of sp³-hybridized carbons (Fsp3) is 0.533. The van der Waals surface area contributed by atoms with Gasteiger partial charge in [0, 0.05) is 5.56 Å². The molecule has 0 bridgehead atoms. The molecular formula is C15H20FNO2. The lowest BCUT2D eigenvalue weighted by Gasteiger charge is -2.36. The van der Waals surface area contributed by atoms with Crippen molar-refractivity contribution >= 4 is 5.91 Å². The van der Waals surface area contributed by atoms with E-state index in [-0.39, 0.29) is 12.5 Å². The fourth-order valence-corrected chi connectivity index (χ4v) is 2.73. The molecular weight excluding hydrogens is 245 g/mol. The van der Waals surface area contributed by atoms with Gasteiger partial charge in [0.15, 0.2) is 0 Å². The highest BCUT2D eigenvalue weighted by Gasteiger charge is 2.33. The molecule has 0 atom stereocenters. The average Bonchev–Trinajstić information content (AvgIpc) is 2.38. The minimum absolute atomic E-state index is 0.0625. The maximum atomic E-state index is 13.3. The normalized spacial score (nSPS) is 18.1. The first-order valence-electron chi connectivity index (χ1n) is 6.75. The Labute approximate surface area is 112 Å². The van der Waals surface area contributed by atoms with Gasteiger partial charge >= 0.3 is 0 Å². The first kappa shape index (κ1) is 14.0. The number of halogens is 1. The van der Waals surface area contributed by atoms with Gasteiger partial charge in [-0.05, 0) is 43.5 Å². The molecule has 0 spiro atoms. The van der Waals surface area contributed by atoms with E-state index in [0.29, 0.717) is 11.1 Å². The molecule has 2 N–H and O–H groups in total. The van der Waals surface area contributed by atoms with Gasteiger partial charge < -0.3 is 10.4 Å². The van der Waals surface area contributed by atoms with Crippen LogP contribution in [0.25, 0.3) is 0 Å². The van der Waals surface area contributed by atoms with Gasteiger partial charge in [-0.1, -0.05) is 19.3 Å². The predicted molar refractivity (Wildman–Crippen MR) is 71.5 cm³/mol. The summed E-state index contributed by atoms with van der Waals surface area (Å²) in [6.45, 7) is 1.69. The Morgan fingerprint density at radius 3 is 2.58 bits per heavy atom. The topological polar surface area (TPSA) is 49.3 Å². The SMILES string of the molecule is Cc1cc(F)cc(C(=O)NC2(CO)CCCCC2)c1. The standard InChI is InChI=1S/C15H20FNO2/c1-11-7-12(9-13(16)8-11)14(19)17-15(10-18)5-3-2-4-6-15/h7-9,18H,2-6,10H2,1H3,(H,17,19). The lowest BCUT2D eigenvalue weighted by Crippen LogP contribution is -2.52. The van der Waals surface area contributed by atoms with Crippen LogP contribution in [0.5, 0.6) is 0 Å². The minimum atomic E-state index is -0.532. The number of aliphatic hydroxyl groups excluding tert-OH is 1. The Morgan fingerprint density at radius 2 is 2.00 bits per heavy atom. The Balaban J connectivity index is 2.15. The number of hydrogen-bond acceptors (Lipinski definition) is 2. The van der Waals surface area contributed by atoms with Crippen molar-refractivity contribution in [1.29, 1.82) is 0 Å². The first-order chi connectivity index (χ1) is 9.04. The van der Waals surface area contributed by atoms with Gasteiger partial charge in [-0.2, -0.15) is 0 Å². The lowest BCUT2D eigenvalue weighted by molar-refractivity contribution is 0.0758. The van der Waals surface area contributed by atoms with Gasteiger partial charge in [0.25, 0.3) is 5.91 Å². The van der Waals surface area contributed by atoms with E-state index < -0.39 is 11.4 Å². The zero-order valence-electron chi connectivity index (χ0n) is 11.2. The van der Waals surface area contributed by atoms with E-state index in [1.165, 1.54) is 12.1 Å². The minimum Gasteiger partial charge on any atom is -0.394 e. The van der Waals surface area contributed by atoms with Crippen molar-refractivity contribution in [3.8, 4) is 0 Å². The van der Waals surface area contributed by atoms with Crippen LogP contribution in [0, 0.1) is 12.7 Å². The second-order valence-corrected chi connectivity index (χ2v) is 5.47. The molecule has 4 heteroatoms. The Kier molecular flexibility index (Phi) is 4.20. The highest BCUT2D eigenvalue weighted by molar-refractivity contribution is 5.94. The van der Waals surface area contributed by atoms with E-state index in [4.69, 9.17) is 0 Å². The van der Waals surface area contributed by atoms with Crippen LogP contribution >= 0.6 is 0 Å². The van der Waals surface area contributed by atoms with Crippen molar-refractivity contribution in [2.24, 2.45) is 0 Å². The van der Waals surface area contributed by atoms with Crippen molar-refractivity contribution in [3.05, 3.63) is 35.1 Å². The number of carbonyl (C=O) groups excluding carboxylic acids is 1. The molecule has 0 unspecified atom stereocenters. The van der Waals surface area contributed by atoms with Crippen molar-refractivity contribution in [1.82, 2.24) is 5.32 Å². The molecule has 1 saturated carbocycles. The quantitative estimate of drug-likeness (QED) is 0.882. The second-order valence-electron chi connectivity index (χ2n) is 5.47. The molecule has 0 saturated heterocycles. The molecule has 1 fully saturated rings. The number of rotatable bonds is 3. The molecule has 1 aliphatic rings. The Bertz CT molecular complexity index is 447. The first-order valence-corrected chi connectivity index (χ1v) is 6.75. The number of aryl methyl sites for hydroxylation is 1. The van der Waals surface area contributed by atoms with Crippen molar-refractivity contribution in [3.63, 3.8) is 0 Å². The molecule has 0 heterocycles. The molecule has 1 aliphatic carbocycles. The van der Waals surface area contributed by atoms with Crippen LogP contribution in [0.15, 0.2) is 18.2 Å². The largest absolute Gasteiger partial charge is 0.394 e. The third kappa shape index (κ3) is 3.32. The zero-order chi connectivity index (χ0) is 13.9. The van der Waals surface area contributed by atoms with Gasteiger partial charge in [0.2, 0.25) is 0 Å². The third-order valence-corrected chi connectivity index (χ3v) is 3.80. The van der Waals surface area contributed by atoms with Gasteiger partial charge in [0.1, 0.15) is 5.82 Å². The lowest BCUT2D eigenvalue weighted by atomic mass is 9.82. The molecule has 2 rings (SSSR count). The highest BCUT2D eigenvalue weighted by atomic mass is 19.1. The van der Waals surface area contributed by atoms with E-state index in [9.17, 15) is 14.3 Å². The maximum absolute atomic E-state index is 13.3. The van der Waals surface area contributed by atoms with Crippen LogP contribution in [0.4, 0.5) is 4.39 Å². The summed E-state index contributed by atoms with van der Waals surface area (Å²) in [7, 11) is 0. The maximum Gasteiger partial charge on any atom is 0.251 e. The molecule has 19 heavy (non-hydrogen) atoms. The number of amides is 1. The van der Waals surface area contributed by atoms with Crippen LogP contribution in [0.3, 0.4) is 0 Å². The summed E-state index contributed by atoms with van der Waals surface area (Å²) in [6, 6.07) is 4.28. The number of benzene rings is 1. The third-order valence-electron chi connectivity index (χ3n) is 3.80. The van der Waals surface area contributed by atoms with E-state index in [2.05, 4.69) is 5.32 Å². The Hall–Kier alpha value is -1.42. The van der Waals surface area contributed by atoms with Gasteiger partial charge in [-0.15, -0.1) is 0 Å². The summed E-state index contributed by atoms with van der Waals surface area (Å²) < 4.78 is 13.3. The number of aliphatic hydroxyl groups is 1. The van der Waals surface area contributed by atoms with E-state index in [0.717, 1.165) is 32.1 Å². The molecule has 1 amide bonds. The van der Waals surface area contributed by atoms with E-state index >= 15 is 0 Å². The number of hydrogen-bond donors (Lipinski definition) is 2. The molecule has 0 aromatic heterocycles. The van der Waals surface area contributed by atoms with Crippen LogP contribution in [-0.4, -0.2) is 23.2 Å². The molecule has 1 aromatic rings. The van der Waals surface area contributed by atoms with Crippen molar-refractivity contribution in [2.75, 3.05) is 6.61 Å². The summed E-state index contributed by atoms with van der Waals surface area (Å²) in [6.07, 6.45) is 4.70. The summed E-state index contributed by atoms with van der Waals surface area (Å²) >= 11 is 0. The number of carbonyl (C=O) groups is 1. The predicted octanol–water partition coefficient (Wildman–Crippen LogP) is 2.56. The molecule has 1 aromatic carbocycles. The van der Waals surface area contributed by atoms with Crippen LogP contribution in [-0.2, 0) is 0 Å². The van der Waals surface area contributed by atoms with E-state index in [1.54, 1.807) is 13.0 Å². The van der Waals surface area contributed by atoms with Gasteiger partial charge in [-0.25, -0.2) is 4.39 Å². The summed E-state index contributed by atoms with van der Waals surface area (Å²) in [5.74, 6) is -0.717. The average molecular weight is 265 g/mol. The number of nitrogens with one attached hydrogen (secondary N) is 1. The van der Waals surface area contributed by atoms with Crippen LogP contribution < -0.4 is 5.32 Å². The summed E-state index contributed by atoms with van der Waals surface area (Å²) in [5.41, 5.74) is 0.498. The smallest absolute Gasteiger partial charge is 0.251 e. The monoisotopic (exact) mass is 265 g/mol. The van der Waals surface area contributed by atoms with Gasteiger partial charge in [0.05, 0.1) is 12.1 Å². The van der Waals surface area contributed by atoms with Crippen LogP contribution in [0.2, 0.25) is 0 Å². The van der Waals surface area contributed by atoms with Crippen molar-refractivity contribution in [2.45, 2.75) is 44.6 Å². The summed E-state index contributed by atoms with van der Waals surface area (Å²) in [4.78, 5) is 12.2. The Morgan fingerprint density at radius 1 is 1.32 bits per heavy atom. The summed E-state index contributed by atoms with van der Waals surface area (Å²) in [5, 5.41) is 12.5. The highest BCUT2D eigenvalue weighted by Crippen LogP contribution is 2.28. The van der Waals surface area contributed by atoms with Crippen molar-refractivity contribution < 1.29 is 14.3 Å². The fourth-order valence-electron chi connectivity index (χ4n) is 2.73. The molecule has 0 radical (unpaired) electrons. The molecule has 104 valence electrons. The van der Waals surface area contributed by atoms with Crippen LogP contribution in [0.1, 0.15) is 48.0 Å². The molecule has 3 nitrogen and oxygen atoms in total. The molecule has 0 aliphatic heterocycles. The van der Waals surface area contributed by atoms with Gasteiger partial charge in [-0.3, -0.25) is 4.79 Å². The zero-order valence-corrected chi connectivity index (χ0v) is 11.2. The second kappa shape index (κ2) is 5.70.